The van der Waals surface area contributed by atoms with Crippen LogP contribution in [0.4, 0.5) is 0 Å². The van der Waals surface area contributed by atoms with Crippen molar-refractivity contribution in [3.63, 3.8) is 0 Å². The van der Waals surface area contributed by atoms with E-state index < -0.39 is 0 Å². The van der Waals surface area contributed by atoms with Crippen molar-refractivity contribution in [1.29, 1.82) is 0 Å². The van der Waals surface area contributed by atoms with Crippen LogP contribution < -0.4 is 5.32 Å². The van der Waals surface area contributed by atoms with E-state index in [0.29, 0.717) is 39.4 Å². The lowest BCUT2D eigenvalue weighted by Gasteiger charge is -2.19. The predicted molar refractivity (Wildman–Crippen MR) is 94.8 cm³/mol. The van der Waals surface area contributed by atoms with E-state index in [9.17, 15) is 4.79 Å². The summed E-state index contributed by atoms with van der Waals surface area (Å²) < 4.78 is 16.0. The van der Waals surface area contributed by atoms with E-state index >= 15 is 0 Å². The van der Waals surface area contributed by atoms with Gasteiger partial charge in [-0.25, -0.2) is 0 Å². The Hall–Kier alpha value is -1.43. The number of hydrogen-bond donors (Lipinski definition) is 1. The predicted octanol–water partition coefficient (Wildman–Crippen LogP) is 3.06. The minimum Gasteiger partial charge on any atom is -0.382 e. The van der Waals surface area contributed by atoms with Crippen LogP contribution in [0.15, 0.2) is 24.3 Å². The Morgan fingerprint density at radius 2 is 1.88 bits per heavy atom. The molecule has 0 fully saturated rings. The van der Waals surface area contributed by atoms with E-state index in [4.69, 9.17) is 14.2 Å². The highest BCUT2D eigenvalue weighted by Crippen LogP contribution is 2.13. The smallest absolute Gasteiger partial charge is 0.220 e. The van der Waals surface area contributed by atoms with E-state index in [1.54, 1.807) is 7.11 Å². The van der Waals surface area contributed by atoms with Crippen molar-refractivity contribution in [1.82, 2.24) is 5.32 Å². The van der Waals surface area contributed by atoms with Gasteiger partial charge in [-0.3, -0.25) is 4.79 Å². The molecule has 5 heteroatoms. The van der Waals surface area contributed by atoms with Crippen molar-refractivity contribution in [2.45, 2.75) is 52.4 Å². The highest BCUT2D eigenvalue weighted by atomic mass is 16.5. The zero-order valence-corrected chi connectivity index (χ0v) is 15.4. The Balaban J connectivity index is 2.25. The molecular formula is C19H31NO4. The quantitative estimate of drug-likeness (QED) is 0.631. The van der Waals surface area contributed by atoms with Gasteiger partial charge in [0.25, 0.3) is 0 Å². The normalized spacial score (nSPS) is 11.5. The first-order valence-corrected chi connectivity index (χ1v) is 8.46. The molecule has 0 spiro atoms. The summed E-state index contributed by atoms with van der Waals surface area (Å²) in [6.45, 7) is 8.96. The number of amides is 1. The van der Waals surface area contributed by atoms with E-state index in [-0.39, 0.29) is 11.5 Å². The highest BCUT2D eigenvalue weighted by Gasteiger charge is 2.10. The standard InChI is InChI=1S/C19H31NO4/c1-19(2,3)24-15-17-8-5-7-16(13-17)14-20-18(21)9-6-10-23-12-11-22-4/h5,7-8,13H,6,9-12,14-15H2,1-4H3,(H,20,21). The number of carbonyl (C=O) groups is 1. The van der Waals surface area contributed by atoms with Gasteiger partial charge in [0.2, 0.25) is 5.91 Å². The van der Waals surface area contributed by atoms with Crippen molar-refractivity contribution < 1.29 is 19.0 Å². The lowest BCUT2D eigenvalue weighted by molar-refractivity contribution is -0.121. The fraction of sp³-hybridized carbons (Fsp3) is 0.632. The first kappa shape index (κ1) is 20.6. The molecule has 0 bridgehead atoms. The second-order valence-electron chi connectivity index (χ2n) is 6.71. The molecule has 0 saturated heterocycles. The van der Waals surface area contributed by atoms with Gasteiger partial charge in [-0.1, -0.05) is 24.3 Å². The second kappa shape index (κ2) is 11.2. The fourth-order valence-corrected chi connectivity index (χ4v) is 2.00. The van der Waals surface area contributed by atoms with Crippen LogP contribution >= 0.6 is 0 Å². The zero-order chi connectivity index (χ0) is 17.8. The number of rotatable bonds is 11. The molecule has 0 unspecified atom stereocenters. The van der Waals surface area contributed by atoms with Crippen molar-refractivity contribution in [3.8, 4) is 0 Å². The van der Waals surface area contributed by atoms with Gasteiger partial charge in [0.1, 0.15) is 0 Å². The second-order valence-corrected chi connectivity index (χ2v) is 6.71. The fourth-order valence-electron chi connectivity index (χ4n) is 2.00. The molecule has 0 radical (unpaired) electrons. The van der Waals surface area contributed by atoms with E-state index in [0.717, 1.165) is 17.5 Å². The van der Waals surface area contributed by atoms with Gasteiger partial charge in [-0.05, 0) is 38.3 Å². The van der Waals surface area contributed by atoms with Gasteiger partial charge in [-0.2, -0.15) is 0 Å². The summed E-state index contributed by atoms with van der Waals surface area (Å²) >= 11 is 0. The summed E-state index contributed by atoms with van der Waals surface area (Å²) in [6.07, 6.45) is 1.19. The Kier molecular flexibility index (Phi) is 9.60. The lowest BCUT2D eigenvalue weighted by atomic mass is 10.1. The maximum absolute atomic E-state index is 11.8. The Morgan fingerprint density at radius 1 is 1.12 bits per heavy atom. The van der Waals surface area contributed by atoms with Crippen molar-refractivity contribution >= 4 is 5.91 Å². The molecule has 0 aliphatic rings. The number of benzene rings is 1. The largest absolute Gasteiger partial charge is 0.382 e. The summed E-state index contributed by atoms with van der Waals surface area (Å²) in [7, 11) is 1.64. The third-order valence-corrected chi connectivity index (χ3v) is 3.28. The van der Waals surface area contributed by atoms with Gasteiger partial charge >= 0.3 is 0 Å². The molecule has 1 amide bonds. The topological polar surface area (TPSA) is 56.8 Å². The number of nitrogens with one attached hydrogen (secondary N) is 1. The molecule has 1 rings (SSSR count). The highest BCUT2D eigenvalue weighted by molar-refractivity contribution is 5.75. The van der Waals surface area contributed by atoms with Gasteiger partial charge < -0.3 is 19.5 Å². The number of methoxy groups -OCH3 is 1. The summed E-state index contributed by atoms with van der Waals surface area (Å²) in [4.78, 5) is 11.8. The SMILES string of the molecule is COCCOCCCC(=O)NCc1cccc(COC(C)(C)C)c1. The van der Waals surface area contributed by atoms with Crippen LogP contribution in [0.3, 0.4) is 0 Å². The Labute approximate surface area is 145 Å². The van der Waals surface area contributed by atoms with Crippen molar-refractivity contribution in [2.24, 2.45) is 0 Å². The first-order chi connectivity index (χ1) is 11.4. The van der Waals surface area contributed by atoms with E-state index in [1.807, 2.05) is 39.0 Å². The van der Waals surface area contributed by atoms with Crippen molar-refractivity contribution in [2.75, 3.05) is 26.9 Å². The molecule has 0 atom stereocenters. The van der Waals surface area contributed by atoms with Gasteiger partial charge in [-0.15, -0.1) is 0 Å². The van der Waals surface area contributed by atoms with Gasteiger partial charge in [0.05, 0.1) is 25.4 Å². The molecule has 1 aromatic carbocycles. The summed E-state index contributed by atoms with van der Waals surface area (Å²) in [5.41, 5.74) is 2.04. The van der Waals surface area contributed by atoms with Gasteiger partial charge in [0.15, 0.2) is 0 Å². The Bertz CT molecular complexity index is 483. The lowest BCUT2D eigenvalue weighted by Crippen LogP contribution is -2.23. The van der Waals surface area contributed by atoms with Crippen LogP contribution in [-0.2, 0) is 32.2 Å². The molecule has 1 N–H and O–H groups in total. The molecule has 5 nitrogen and oxygen atoms in total. The molecule has 136 valence electrons. The molecule has 1 aromatic rings. The Morgan fingerprint density at radius 3 is 2.58 bits per heavy atom. The van der Waals surface area contributed by atoms with Crippen molar-refractivity contribution in [3.05, 3.63) is 35.4 Å². The molecule has 0 aromatic heterocycles. The van der Waals surface area contributed by atoms with Gasteiger partial charge in [0, 0.05) is 26.7 Å². The van der Waals surface area contributed by atoms with E-state index in [1.165, 1.54) is 0 Å². The van der Waals surface area contributed by atoms with E-state index in [2.05, 4.69) is 11.4 Å². The van der Waals surface area contributed by atoms with Crippen LogP contribution in [-0.4, -0.2) is 38.4 Å². The molecule has 0 aliphatic carbocycles. The average Bonchev–Trinajstić information content (AvgIpc) is 2.54. The molecule has 0 aliphatic heterocycles. The minimum absolute atomic E-state index is 0.0432. The third kappa shape index (κ3) is 10.4. The van der Waals surface area contributed by atoms with Crippen LogP contribution in [0, 0.1) is 0 Å². The first-order valence-electron chi connectivity index (χ1n) is 8.46. The minimum atomic E-state index is -0.157. The van der Waals surface area contributed by atoms with Crippen LogP contribution in [0.25, 0.3) is 0 Å². The third-order valence-electron chi connectivity index (χ3n) is 3.28. The molecule has 24 heavy (non-hydrogen) atoms. The zero-order valence-electron chi connectivity index (χ0n) is 15.4. The summed E-state index contributed by atoms with van der Waals surface area (Å²) in [6, 6.07) is 8.11. The van der Waals surface area contributed by atoms with Crippen LogP contribution in [0.5, 0.6) is 0 Å². The number of carbonyl (C=O) groups excluding carboxylic acids is 1. The number of ether oxygens (including phenoxy) is 3. The molecule has 0 saturated carbocycles. The molecule has 0 heterocycles. The summed E-state index contributed by atoms with van der Waals surface area (Å²) in [5, 5.41) is 2.94. The summed E-state index contributed by atoms with van der Waals surface area (Å²) in [5.74, 6) is 0.0432. The average molecular weight is 337 g/mol. The molecular weight excluding hydrogens is 306 g/mol. The number of hydrogen-bond acceptors (Lipinski definition) is 4. The monoisotopic (exact) mass is 337 g/mol. The maximum Gasteiger partial charge on any atom is 0.220 e. The van der Waals surface area contributed by atoms with Crippen LogP contribution in [0.1, 0.15) is 44.7 Å². The van der Waals surface area contributed by atoms with Crippen LogP contribution in [0.2, 0.25) is 0 Å². The maximum atomic E-state index is 11.8.